The number of fused-ring (bicyclic) bond motifs is 1. The van der Waals surface area contributed by atoms with Gasteiger partial charge in [-0.1, -0.05) is 12.1 Å². The molecule has 1 aliphatic heterocycles. The Morgan fingerprint density at radius 2 is 2.19 bits per heavy atom. The summed E-state index contributed by atoms with van der Waals surface area (Å²) in [4.78, 5) is 18.9. The molecule has 1 aromatic carbocycles. The first kappa shape index (κ1) is 16.8. The molecule has 6 nitrogen and oxygen atoms in total. The first-order chi connectivity index (χ1) is 12.7. The fourth-order valence-electron chi connectivity index (χ4n) is 3.30. The van der Waals surface area contributed by atoms with Gasteiger partial charge in [0.15, 0.2) is 0 Å². The Morgan fingerprint density at radius 1 is 1.35 bits per heavy atom. The van der Waals surface area contributed by atoms with E-state index in [9.17, 15) is 4.79 Å². The minimum atomic E-state index is -0.199. The Bertz CT molecular complexity index is 822. The van der Waals surface area contributed by atoms with E-state index >= 15 is 0 Å². The average Bonchev–Trinajstić information content (AvgIpc) is 3.43. The molecule has 1 aliphatic carbocycles. The molecule has 4 rings (SSSR count). The molecule has 2 heterocycles. The number of oxazole rings is 1. The van der Waals surface area contributed by atoms with Crippen molar-refractivity contribution in [2.75, 3.05) is 19.6 Å². The Hall–Kier alpha value is -2.65. The highest BCUT2D eigenvalue weighted by atomic mass is 16.4. The molecule has 1 saturated carbocycles. The average molecular weight is 350 g/mol. The van der Waals surface area contributed by atoms with Crippen LogP contribution in [0.4, 0.5) is 0 Å². The number of nitriles is 1. The Morgan fingerprint density at radius 3 is 3.00 bits per heavy atom. The second kappa shape index (κ2) is 7.30. The number of hydrogen-bond acceptors (Lipinski definition) is 5. The van der Waals surface area contributed by atoms with Gasteiger partial charge in [-0.15, -0.1) is 0 Å². The predicted octanol–water partition coefficient (Wildman–Crippen LogP) is 2.29. The van der Waals surface area contributed by atoms with Gasteiger partial charge in [-0.2, -0.15) is 5.26 Å². The van der Waals surface area contributed by atoms with Gasteiger partial charge in [0.25, 0.3) is 5.89 Å². The molecule has 2 aliphatic rings. The lowest BCUT2D eigenvalue weighted by atomic mass is 10.1. The van der Waals surface area contributed by atoms with Crippen LogP contribution in [0.5, 0.6) is 0 Å². The van der Waals surface area contributed by atoms with Crippen molar-refractivity contribution in [2.24, 2.45) is 5.92 Å². The quantitative estimate of drug-likeness (QED) is 0.895. The van der Waals surface area contributed by atoms with E-state index < -0.39 is 0 Å². The van der Waals surface area contributed by atoms with Crippen LogP contribution in [-0.4, -0.2) is 35.4 Å². The molecule has 2 aromatic rings. The summed E-state index contributed by atoms with van der Waals surface area (Å²) in [7, 11) is 0. The molecule has 0 spiro atoms. The SMILES string of the molecule is N#Cc1cccc(CN2CCc3nc(C(=O)NCC4CC4)oc3CC2)c1. The molecular formula is C20H22N4O2. The van der Waals surface area contributed by atoms with Crippen LogP contribution in [0.2, 0.25) is 0 Å². The minimum absolute atomic E-state index is 0.199. The van der Waals surface area contributed by atoms with Crippen molar-refractivity contribution in [3.05, 3.63) is 52.7 Å². The van der Waals surface area contributed by atoms with Crippen molar-refractivity contribution in [3.8, 4) is 6.07 Å². The number of rotatable bonds is 5. The molecule has 0 saturated heterocycles. The van der Waals surface area contributed by atoms with E-state index in [4.69, 9.17) is 9.68 Å². The van der Waals surface area contributed by atoms with Crippen LogP contribution >= 0.6 is 0 Å². The van der Waals surface area contributed by atoms with Gasteiger partial charge in [0.1, 0.15) is 5.76 Å². The molecule has 0 bridgehead atoms. The van der Waals surface area contributed by atoms with Crippen LogP contribution in [0.15, 0.2) is 28.7 Å². The summed E-state index contributed by atoms with van der Waals surface area (Å²) in [5, 5.41) is 11.9. The molecule has 1 fully saturated rings. The van der Waals surface area contributed by atoms with E-state index in [0.29, 0.717) is 11.5 Å². The lowest BCUT2D eigenvalue weighted by molar-refractivity contribution is 0.0915. The highest BCUT2D eigenvalue weighted by Gasteiger charge is 2.25. The normalized spacial score (nSPS) is 17.2. The molecule has 0 unspecified atom stereocenters. The van der Waals surface area contributed by atoms with Crippen LogP contribution in [0.1, 0.15) is 46.1 Å². The molecule has 1 aromatic heterocycles. The molecule has 6 heteroatoms. The summed E-state index contributed by atoms with van der Waals surface area (Å²) in [6.07, 6.45) is 3.92. The summed E-state index contributed by atoms with van der Waals surface area (Å²) in [6, 6.07) is 9.90. The zero-order valence-electron chi connectivity index (χ0n) is 14.7. The lowest BCUT2D eigenvalue weighted by Gasteiger charge is -2.19. The second-order valence-electron chi connectivity index (χ2n) is 7.13. The van der Waals surface area contributed by atoms with Crippen LogP contribution in [-0.2, 0) is 19.4 Å². The molecule has 1 amide bonds. The van der Waals surface area contributed by atoms with Crippen molar-refractivity contribution in [3.63, 3.8) is 0 Å². The highest BCUT2D eigenvalue weighted by Crippen LogP contribution is 2.27. The Labute approximate surface area is 152 Å². The maximum absolute atomic E-state index is 12.1. The fourth-order valence-corrected chi connectivity index (χ4v) is 3.30. The summed E-state index contributed by atoms with van der Waals surface area (Å²) in [6.45, 7) is 3.23. The Kier molecular flexibility index (Phi) is 4.72. The van der Waals surface area contributed by atoms with E-state index in [0.717, 1.165) is 56.0 Å². The number of nitrogens with zero attached hydrogens (tertiary/aromatic N) is 3. The van der Waals surface area contributed by atoms with Crippen LogP contribution in [0.3, 0.4) is 0 Å². The standard InChI is InChI=1S/C20H22N4O2/c21-11-15-2-1-3-16(10-15)13-24-8-6-17-18(7-9-24)26-20(23-17)19(25)22-12-14-4-5-14/h1-3,10,14H,4-9,12-13H2,(H,22,25). The van der Waals surface area contributed by atoms with Crippen molar-refractivity contribution < 1.29 is 9.21 Å². The maximum Gasteiger partial charge on any atom is 0.307 e. The number of benzene rings is 1. The van der Waals surface area contributed by atoms with Gasteiger partial charge >= 0.3 is 5.91 Å². The smallest absolute Gasteiger partial charge is 0.307 e. The third-order valence-corrected chi connectivity index (χ3v) is 5.00. The van der Waals surface area contributed by atoms with Gasteiger partial charge in [0, 0.05) is 39.0 Å². The third kappa shape index (κ3) is 3.94. The summed E-state index contributed by atoms with van der Waals surface area (Å²) in [5.41, 5.74) is 2.72. The van der Waals surface area contributed by atoms with Crippen LogP contribution in [0, 0.1) is 17.2 Å². The van der Waals surface area contributed by atoms with Crippen molar-refractivity contribution in [2.45, 2.75) is 32.2 Å². The highest BCUT2D eigenvalue weighted by molar-refractivity contribution is 5.89. The largest absolute Gasteiger partial charge is 0.437 e. The van der Waals surface area contributed by atoms with Gasteiger partial charge in [0.2, 0.25) is 0 Å². The zero-order valence-corrected chi connectivity index (χ0v) is 14.7. The predicted molar refractivity (Wildman–Crippen MR) is 95.4 cm³/mol. The van der Waals surface area contributed by atoms with E-state index in [1.807, 2.05) is 24.3 Å². The molecule has 26 heavy (non-hydrogen) atoms. The number of nitrogens with one attached hydrogen (secondary N) is 1. The van der Waals surface area contributed by atoms with E-state index in [2.05, 4.69) is 21.3 Å². The molecule has 0 atom stereocenters. The van der Waals surface area contributed by atoms with E-state index in [-0.39, 0.29) is 11.8 Å². The van der Waals surface area contributed by atoms with Crippen molar-refractivity contribution in [1.82, 2.24) is 15.2 Å². The Balaban J connectivity index is 1.36. The lowest BCUT2D eigenvalue weighted by Crippen LogP contribution is -2.27. The maximum atomic E-state index is 12.1. The van der Waals surface area contributed by atoms with Gasteiger partial charge in [0.05, 0.1) is 17.3 Å². The summed E-state index contributed by atoms with van der Waals surface area (Å²) in [5.74, 6) is 1.47. The first-order valence-corrected chi connectivity index (χ1v) is 9.19. The topological polar surface area (TPSA) is 82.2 Å². The van der Waals surface area contributed by atoms with Crippen LogP contribution < -0.4 is 5.32 Å². The van der Waals surface area contributed by atoms with Crippen molar-refractivity contribution in [1.29, 1.82) is 5.26 Å². The van der Waals surface area contributed by atoms with Gasteiger partial charge in [-0.05, 0) is 36.5 Å². The summed E-state index contributed by atoms with van der Waals surface area (Å²) >= 11 is 0. The fraction of sp³-hybridized carbons (Fsp3) is 0.450. The molecule has 1 N–H and O–H groups in total. The molecule has 0 radical (unpaired) electrons. The van der Waals surface area contributed by atoms with Crippen molar-refractivity contribution >= 4 is 5.91 Å². The van der Waals surface area contributed by atoms with E-state index in [1.54, 1.807) is 0 Å². The van der Waals surface area contributed by atoms with Gasteiger partial charge in [-0.3, -0.25) is 9.69 Å². The number of hydrogen-bond donors (Lipinski definition) is 1. The monoisotopic (exact) mass is 350 g/mol. The number of carbonyl (C=O) groups is 1. The summed E-state index contributed by atoms with van der Waals surface area (Å²) < 4.78 is 5.74. The second-order valence-corrected chi connectivity index (χ2v) is 7.13. The van der Waals surface area contributed by atoms with Gasteiger partial charge in [-0.25, -0.2) is 4.98 Å². The van der Waals surface area contributed by atoms with E-state index in [1.165, 1.54) is 12.8 Å². The number of carbonyl (C=O) groups excluding carboxylic acids is 1. The number of amides is 1. The molecule has 134 valence electrons. The first-order valence-electron chi connectivity index (χ1n) is 9.19. The third-order valence-electron chi connectivity index (χ3n) is 5.00. The minimum Gasteiger partial charge on any atom is -0.437 e. The van der Waals surface area contributed by atoms with Gasteiger partial charge < -0.3 is 9.73 Å². The zero-order chi connectivity index (χ0) is 17.9. The number of aromatic nitrogens is 1. The van der Waals surface area contributed by atoms with Crippen LogP contribution in [0.25, 0.3) is 0 Å². The molecular weight excluding hydrogens is 328 g/mol.